The van der Waals surface area contributed by atoms with E-state index in [0.717, 1.165) is 29.5 Å². The van der Waals surface area contributed by atoms with E-state index in [1.807, 2.05) is 13.8 Å². The van der Waals surface area contributed by atoms with Crippen molar-refractivity contribution in [3.05, 3.63) is 40.9 Å². The largest absolute Gasteiger partial charge is 0.508 e. The molecule has 0 radical (unpaired) electrons. The summed E-state index contributed by atoms with van der Waals surface area (Å²) in [5, 5.41) is 20.3. The van der Waals surface area contributed by atoms with Crippen LogP contribution in [0.2, 0.25) is 0 Å². The number of carbonyl (C=O) groups is 2. The number of aromatic hydroxyl groups is 1. The van der Waals surface area contributed by atoms with Crippen LogP contribution in [-0.4, -0.2) is 40.5 Å². The van der Waals surface area contributed by atoms with E-state index in [9.17, 15) is 19.7 Å². The highest BCUT2D eigenvalue weighted by molar-refractivity contribution is 6.53. The zero-order valence-electron chi connectivity index (χ0n) is 16.3. The van der Waals surface area contributed by atoms with E-state index in [-0.39, 0.29) is 35.5 Å². The number of phenols is 1. The number of allylic oxidation sites excluding steroid dienone is 2. The Morgan fingerprint density at radius 3 is 2.50 bits per heavy atom. The van der Waals surface area contributed by atoms with Crippen LogP contribution in [0.1, 0.15) is 51.2 Å². The standard InChI is InChI=1S/C21H26BNO5/c1-3-9-23-20(25)16-10-12(4-2)19-15(18(16)21(23)26)11-17(28-22(19)27)13-5-7-14(24)8-6-13/h5-8,15-18,24,27H,3-4,9-11H2,1-2H3/t15-,16-,17-,18+/m0/s1. The molecule has 2 N–H and O–H groups in total. The Hall–Kier alpha value is -2.12. The molecule has 1 aliphatic carbocycles. The summed E-state index contributed by atoms with van der Waals surface area (Å²) in [4.78, 5) is 27.4. The molecule has 2 saturated heterocycles. The van der Waals surface area contributed by atoms with Crippen molar-refractivity contribution < 1.29 is 24.4 Å². The number of carbonyl (C=O) groups excluding carboxylic acids is 2. The maximum atomic E-state index is 13.1. The van der Waals surface area contributed by atoms with Crippen LogP contribution in [-0.2, 0) is 14.2 Å². The van der Waals surface area contributed by atoms with Crippen molar-refractivity contribution in [2.24, 2.45) is 17.8 Å². The second kappa shape index (κ2) is 7.37. The van der Waals surface area contributed by atoms with Gasteiger partial charge >= 0.3 is 7.12 Å². The van der Waals surface area contributed by atoms with Crippen LogP contribution in [0, 0.1) is 17.8 Å². The molecule has 0 aromatic heterocycles. The molecule has 2 aliphatic heterocycles. The SMILES string of the molecule is CCCN1C(=O)[C@H]2[C@H](CC(CC)=C3B(O)O[C@H](c4ccc(O)cc4)C[C@H]32)C1=O. The lowest BCUT2D eigenvalue weighted by Gasteiger charge is -2.42. The molecule has 4 rings (SSSR count). The fourth-order valence-corrected chi connectivity index (χ4v) is 5.16. The molecular weight excluding hydrogens is 357 g/mol. The van der Waals surface area contributed by atoms with Gasteiger partial charge in [0.1, 0.15) is 5.75 Å². The van der Waals surface area contributed by atoms with Crippen molar-refractivity contribution in [1.29, 1.82) is 0 Å². The number of imide groups is 1. The van der Waals surface area contributed by atoms with Gasteiger partial charge in [0.05, 0.1) is 17.9 Å². The molecule has 0 bridgehead atoms. The van der Waals surface area contributed by atoms with Crippen LogP contribution < -0.4 is 0 Å². The van der Waals surface area contributed by atoms with Gasteiger partial charge in [-0.1, -0.05) is 31.6 Å². The smallest absolute Gasteiger partial charge is 0.487 e. The lowest BCUT2D eigenvalue weighted by Crippen LogP contribution is -2.44. The number of nitrogens with zero attached hydrogens (tertiary/aromatic N) is 1. The summed E-state index contributed by atoms with van der Waals surface area (Å²) in [5.74, 6) is -0.943. The summed E-state index contributed by atoms with van der Waals surface area (Å²) >= 11 is 0. The molecule has 2 fully saturated rings. The Morgan fingerprint density at radius 1 is 1.14 bits per heavy atom. The van der Waals surface area contributed by atoms with Gasteiger partial charge in [-0.05, 0) is 54.8 Å². The first kappa shape index (κ1) is 19.2. The zero-order valence-corrected chi connectivity index (χ0v) is 16.3. The first-order chi connectivity index (χ1) is 13.5. The average molecular weight is 383 g/mol. The van der Waals surface area contributed by atoms with Gasteiger partial charge in [0.25, 0.3) is 0 Å². The third-order valence-corrected chi connectivity index (χ3v) is 6.44. The van der Waals surface area contributed by atoms with E-state index in [4.69, 9.17) is 4.65 Å². The van der Waals surface area contributed by atoms with Crippen LogP contribution in [0.3, 0.4) is 0 Å². The number of fused-ring (bicyclic) bond motifs is 3. The Bertz CT molecular complexity index is 821. The van der Waals surface area contributed by atoms with Gasteiger partial charge in [-0.3, -0.25) is 14.5 Å². The molecule has 2 amide bonds. The average Bonchev–Trinajstić information content (AvgIpc) is 2.92. The summed E-state index contributed by atoms with van der Waals surface area (Å²) in [6.07, 6.45) is 2.16. The number of hydrogen-bond acceptors (Lipinski definition) is 5. The molecule has 0 saturated carbocycles. The van der Waals surface area contributed by atoms with E-state index >= 15 is 0 Å². The predicted molar refractivity (Wildman–Crippen MR) is 104 cm³/mol. The maximum Gasteiger partial charge on any atom is 0.487 e. The van der Waals surface area contributed by atoms with Crippen molar-refractivity contribution >= 4 is 18.9 Å². The van der Waals surface area contributed by atoms with E-state index in [1.54, 1.807) is 24.3 Å². The molecule has 28 heavy (non-hydrogen) atoms. The molecule has 1 aromatic rings. The highest BCUT2D eigenvalue weighted by atomic mass is 16.5. The first-order valence-corrected chi connectivity index (χ1v) is 10.2. The summed E-state index contributed by atoms with van der Waals surface area (Å²) in [5.41, 5.74) is 2.69. The Kier molecular flexibility index (Phi) is 5.06. The fourth-order valence-electron chi connectivity index (χ4n) is 5.16. The maximum absolute atomic E-state index is 13.1. The third kappa shape index (κ3) is 2.97. The first-order valence-electron chi connectivity index (χ1n) is 10.2. The molecule has 0 unspecified atom stereocenters. The monoisotopic (exact) mass is 383 g/mol. The Labute approximate surface area is 165 Å². The molecular formula is C21H26BNO5. The number of rotatable bonds is 4. The van der Waals surface area contributed by atoms with Gasteiger partial charge in [0.15, 0.2) is 0 Å². The van der Waals surface area contributed by atoms with Crippen LogP contribution in [0.25, 0.3) is 0 Å². The Morgan fingerprint density at radius 2 is 1.86 bits per heavy atom. The van der Waals surface area contributed by atoms with E-state index < -0.39 is 13.0 Å². The molecule has 148 valence electrons. The second-order valence-corrected chi connectivity index (χ2v) is 7.99. The summed E-state index contributed by atoms with van der Waals surface area (Å²) < 4.78 is 5.90. The minimum Gasteiger partial charge on any atom is -0.508 e. The summed E-state index contributed by atoms with van der Waals surface area (Å²) in [6, 6.07) is 6.72. The van der Waals surface area contributed by atoms with Crippen molar-refractivity contribution in [2.45, 2.75) is 45.6 Å². The van der Waals surface area contributed by atoms with Crippen LogP contribution in [0.4, 0.5) is 0 Å². The van der Waals surface area contributed by atoms with Crippen molar-refractivity contribution in [3.8, 4) is 5.75 Å². The fraction of sp³-hybridized carbons (Fsp3) is 0.524. The molecule has 1 aromatic carbocycles. The minimum atomic E-state index is -1.07. The minimum absolute atomic E-state index is 0.0657. The van der Waals surface area contributed by atoms with E-state index in [1.165, 1.54) is 4.90 Å². The van der Waals surface area contributed by atoms with Gasteiger partial charge in [0.2, 0.25) is 11.8 Å². The van der Waals surface area contributed by atoms with E-state index in [0.29, 0.717) is 19.4 Å². The van der Waals surface area contributed by atoms with E-state index in [2.05, 4.69) is 0 Å². The highest BCUT2D eigenvalue weighted by Gasteiger charge is 2.57. The van der Waals surface area contributed by atoms with Crippen LogP contribution in [0.5, 0.6) is 5.75 Å². The van der Waals surface area contributed by atoms with Gasteiger partial charge in [-0.2, -0.15) is 0 Å². The number of likely N-dealkylation sites (tertiary alicyclic amines) is 1. The van der Waals surface area contributed by atoms with Gasteiger partial charge in [-0.25, -0.2) is 0 Å². The molecule has 0 spiro atoms. The number of benzene rings is 1. The molecule has 6 nitrogen and oxygen atoms in total. The summed E-state index contributed by atoms with van der Waals surface area (Å²) in [7, 11) is -1.07. The number of amides is 2. The van der Waals surface area contributed by atoms with Crippen molar-refractivity contribution in [1.82, 2.24) is 4.90 Å². The van der Waals surface area contributed by atoms with Gasteiger partial charge in [0, 0.05) is 6.54 Å². The van der Waals surface area contributed by atoms with Crippen LogP contribution >= 0.6 is 0 Å². The lowest BCUT2D eigenvalue weighted by molar-refractivity contribution is -0.140. The summed E-state index contributed by atoms with van der Waals surface area (Å²) in [6.45, 7) is 4.43. The van der Waals surface area contributed by atoms with Crippen molar-refractivity contribution in [3.63, 3.8) is 0 Å². The highest BCUT2D eigenvalue weighted by Crippen LogP contribution is 2.51. The Balaban J connectivity index is 1.71. The zero-order chi connectivity index (χ0) is 20.0. The van der Waals surface area contributed by atoms with Crippen LogP contribution in [0.15, 0.2) is 35.3 Å². The molecule has 2 heterocycles. The molecule has 3 aliphatic rings. The number of phenolic OH excluding ortho intramolecular Hbond substituents is 1. The second-order valence-electron chi connectivity index (χ2n) is 7.99. The lowest BCUT2D eigenvalue weighted by atomic mass is 9.55. The third-order valence-electron chi connectivity index (χ3n) is 6.44. The quantitative estimate of drug-likeness (QED) is 0.617. The predicted octanol–water partition coefficient (Wildman–Crippen LogP) is 2.61. The normalized spacial score (nSPS) is 30.0. The topological polar surface area (TPSA) is 87.1 Å². The molecule has 7 heteroatoms. The van der Waals surface area contributed by atoms with Gasteiger partial charge in [-0.15, -0.1) is 0 Å². The number of hydrogen-bond donors (Lipinski definition) is 2. The molecule has 4 atom stereocenters. The van der Waals surface area contributed by atoms with Crippen molar-refractivity contribution in [2.75, 3.05) is 6.54 Å². The van der Waals surface area contributed by atoms with Gasteiger partial charge < -0.3 is 14.8 Å².